The van der Waals surface area contributed by atoms with Crippen LogP contribution in [0.25, 0.3) is 0 Å². The Morgan fingerprint density at radius 3 is 2.19 bits per heavy atom. The molecule has 0 radical (unpaired) electrons. The average molecular weight is 393 g/mol. The summed E-state index contributed by atoms with van der Waals surface area (Å²) in [5.41, 5.74) is 7.16. The predicted octanol–water partition coefficient (Wildman–Crippen LogP) is 3.05. The first-order valence-electron chi connectivity index (χ1n) is 6.92. The quantitative estimate of drug-likeness (QED) is 0.774. The van der Waals surface area contributed by atoms with Crippen LogP contribution in [0.5, 0.6) is 0 Å². The van der Waals surface area contributed by atoms with Gasteiger partial charge in [-0.1, -0.05) is 30.3 Å². The van der Waals surface area contributed by atoms with E-state index in [0.717, 1.165) is 5.56 Å². The molecule has 3 N–H and O–H groups in total. The first-order valence-corrected chi connectivity index (χ1v) is 6.92. The van der Waals surface area contributed by atoms with Gasteiger partial charge in [-0.15, -0.1) is 0 Å². The molecular weight excluding hydrogens is 375 g/mol. The SMILES string of the molecule is COC(=O)c1ccc([C@@H](N)Cc2ccccc2)o1.O=C(O)C(F)(F)F.S. The lowest BCUT2D eigenvalue weighted by molar-refractivity contribution is -0.192. The second kappa shape index (κ2) is 10.5. The molecule has 0 saturated carbocycles. The third kappa shape index (κ3) is 7.62. The summed E-state index contributed by atoms with van der Waals surface area (Å²) in [7, 11) is 1.31. The molecule has 1 aromatic carbocycles. The molecule has 1 atom stereocenters. The van der Waals surface area contributed by atoms with Gasteiger partial charge in [0.1, 0.15) is 5.76 Å². The maximum Gasteiger partial charge on any atom is 0.490 e. The molecule has 0 aliphatic heterocycles. The van der Waals surface area contributed by atoms with Gasteiger partial charge in [0.15, 0.2) is 0 Å². The Hall–Kier alpha value is -2.46. The summed E-state index contributed by atoms with van der Waals surface area (Å²) in [5, 5.41) is 7.12. The smallest absolute Gasteiger partial charge is 0.475 e. The number of hydrogen-bond donors (Lipinski definition) is 2. The molecule has 2 rings (SSSR count). The summed E-state index contributed by atoms with van der Waals surface area (Å²) < 4.78 is 41.7. The first-order chi connectivity index (χ1) is 11.6. The van der Waals surface area contributed by atoms with Crippen molar-refractivity contribution in [3.63, 3.8) is 0 Å². The Morgan fingerprint density at radius 1 is 1.19 bits per heavy atom. The maximum absolute atomic E-state index is 11.3. The van der Waals surface area contributed by atoms with Crippen molar-refractivity contribution in [1.29, 1.82) is 0 Å². The lowest BCUT2D eigenvalue weighted by Crippen LogP contribution is -2.21. The van der Waals surface area contributed by atoms with Crippen molar-refractivity contribution < 1.29 is 37.0 Å². The van der Waals surface area contributed by atoms with Crippen LogP contribution >= 0.6 is 13.5 Å². The Morgan fingerprint density at radius 2 is 1.73 bits per heavy atom. The molecule has 2 aromatic rings. The fourth-order valence-electron chi connectivity index (χ4n) is 1.73. The summed E-state index contributed by atoms with van der Waals surface area (Å²) in [6, 6.07) is 12.9. The van der Waals surface area contributed by atoms with E-state index in [1.54, 1.807) is 12.1 Å². The zero-order chi connectivity index (χ0) is 19.0. The van der Waals surface area contributed by atoms with E-state index in [1.807, 2.05) is 30.3 Å². The molecular formula is C16H18F3NO5S. The van der Waals surface area contributed by atoms with Crippen LogP contribution in [0.15, 0.2) is 46.9 Å². The molecule has 0 unspecified atom stereocenters. The molecule has 26 heavy (non-hydrogen) atoms. The molecule has 0 aliphatic rings. The fraction of sp³-hybridized carbons (Fsp3) is 0.250. The number of aliphatic carboxylic acids is 1. The molecule has 144 valence electrons. The summed E-state index contributed by atoms with van der Waals surface area (Å²) >= 11 is 0. The summed E-state index contributed by atoms with van der Waals surface area (Å²) in [4.78, 5) is 20.1. The highest BCUT2D eigenvalue weighted by Gasteiger charge is 2.38. The molecule has 0 aliphatic carbocycles. The lowest BCUT2D eigenvalue weighted by Gasteiger charge is -2.08. The Kier molecular flexibility index (Phi) is 9.52. The minimum Gasteiger partial charge on any atom is -0.475 e. The largest absolute Gasteiger partial charge is 0.490 e. The number of carbonyl (C=O) groups is 2. The van der Waals surface area contributed by atoms with E-state index in [0.29, 0.717) is 12.2 Å². The number of ether oxygens (including phenoxy) is 1. The molecule has 0 fully saturated rings. The highest BCUT2D eigenvalue weighted by molar-refractivity contribution is 7.59. The summed E-state index contributed by atoms with van der Waals surface area (Å²) in [6.45, 7) is 0. The van der Waals surface area contributed by atoms with Crippen LogP contribution in [-0.2, 0) is 16.0 Å². The van der Waals surface area contributed by atoms with Crippen molar-refractivity contribution in [1.82, 2.24) is 0 Å². The van der Waals surface area contributed by atoms with E-state index < -0.39 is 18.1 Å². The number of nitrogens with two attached hydrogens (primary N) is 1. The zero-order valence-corrected chi connectivity index (χ0v) is 14.6. The minimum atomic E-state index is -5.08. The molecule has 1 aromatic heterocycles. The number of benzene rings is 1. The normalized spacial score (nSPS) is 11.4. The van der Waals surface area contributed by atoms with Gasteiger partial charge in [0.05, 0.1) is 13.2 Å². The van der Waals surface area contributed by atoms with Gasteiger partial charge >= 0.3 is 18.1 Å². The number of esters is 1. The number of carboxylic acids is 1. The van der Waals surface area contributed by atoms with Gasteiger partial charge in [-0.25, -0.2) is 9.59 Å². The number of methoxy groups -OCH3 is 1. The predicted molar refractivity (Wildman–Crippen MR) is 91.2 cm³/mol. The minimum absolute atomic E-state index is 0. The standard InChI is InChI=1S/C14H15NO3.C2HF3O2.H2S/c1-17-14(16)13-8-7-12(18-13)11(15)9-10-5-3-2-4-6-10;3-2(4,5)1(6)7;/h2-8,11H,9,15H2,1H3;(H,6,7);1H2/t11-;;/m0../s1. The third-order valence-corrected chi connectivity index (χ3v) is 2.92. The number of furan rings is 1. The molecule has 0 spiro atoms. The van der Waals surface area contributed by atoms with Crippen LogP contribution in [0.1, 0.15) is 27.9 Å². The van der Waals surface area contributed by atoms with Crippen LogP contribution in [0.2, 0.25) is 0 Å². The monoisotopic (exact) mass is 393 g/mol. The number of alkyl halides is 3. The Bertz CT molecular complexity index is 703. The van der Waals surface area contributed by atoms with Gasteiger partial charge in [-0.2, -0.15) is 26.7 Å². The number of carboxylic acid groups (broad SMARTS) is 1. The van der Waals surface area contributed by atoms with Gasteiger partial charge < -0.3 is 20.0 Å². The van der Waals surface area contributed by atoms with Crippen LogP contribution < -0.4 is 5.73 Å². The highest BCUT2D eigenvalue weighted by atomic mass is 32.1. The second-order valence-electron chi connectivity index (χ2n) is 4.79. The van der Waals surface area contributed by atoms with Gasteiger partial charge in [0.25, 0.3) is 0 Å². The van der Waals surface area contributed by atoms with Crippen molar-refractivity contribution in [3.8, 4) is 0 Å². The van der Waals surface area contributed by atoms with Gasteiger partial charge in [0, 0.05) is 0 Å². The van der Waals surface area contributed by atoms with E-state index in [2.05, 4.69) is 4.74 Å². The number of halogens is 3. The fourth-order valence-corrected chi connectivity index (χ4v) is 1.73. The molecule has 0 bridgehead atoms. The third-order valence-electron chi connectivity index (χ3n) is 2.92. The van der Waals surface area contributed by atoms with Crippen molar-refractivity contribution >= 4 is 25.4 Å². The average Bonchev–Trinajstić information content (AvgIpc) is 3.05. The van der Waals surface area contributed by atoms with Crippen molar-refractivity contribution in [2.75, 3.05) is 7.11 Å². The van der Waals surface area contributed by atoms with Gasteiger partial charge in [-0.3, -0.25) is 0 Å². The summed E-state index contributed by atoms with van der Waals surface area (Å²) in [6.07, 6.45) is -4.42. The van der Waals surface area contributed by atoms with Crippen molar-refractivity contribution in [2.45, 2.75) is 18.6 Å². The van der Waals surface area contributed by atoms with Crippen LogP contribution in [-0.4, -0.2) is 30.3 Å². The zero-order valence-electron chi connectivity index (χ0n) is 13.6. The number of carbonyl (C=O) groups excluding carboxylic acids is 1. The molecule has 6 nitrogen and oxygen atoms in total. The Balaban J connectivity index is 0.000000673. The van der Waals surface area contributed by atoms with E-state index in [9.17, 15) is 18.0 Å². The van der Waals surface area contributed by atoms with E-state index >= 15 is 0 Å². The maximum atomic E-state index is 11.3. The van der Waals surface area contributed by atoms with E-state index in [1.165, 1.54) is 7.11 Å². The number of rotatable bonds is 4. The van der Waals surface area contributed by atoms with E-state index in [4.69, 9.17) is 20.1 Å². The molecule has 1 heterocycles. The highest BCUT2D eigenvalue weighted by Crippen LogP contribution is 2.19. The molecule has 0 amide bonds. The second-order valence-corrected chi connectivity index (χ2v) is 4.79. The lowest BCUT2D eigenvalue weighted by atomic mass is 10.1. The van der Waals surface area contributed by atoms with Gasteiger partial charge in [-0.05, 0) is 24.1 Å². The van der Waals surface area contributed by atoms with E-state index in [-0.39, 0.29) is 25.3 Å². The van der Waals surface area contributed by atoms with Crippen LogP contribution in [0.4, 0.5) is 13.2 Å². The number of hydrogen-bond acceptors (Lipinski definition) is 5. The summed E-state index contributed by atoms with van der Waals surface area (Å²) in [5.74, 6) is -2.49. The molecule has 0 saturated heterocycles. The van der Waals surface area contributed by atoms with Gasteiger partial charge in [0.2, 0.25) is 5.76 Å². The van der Waals surface area contributed by atoms with Crippen molar-refractivity contribution in [3.05, 3.63) is 59.5 Å². The first kappa shape index (κ1) is 23.5. The Labute approximate surface area is 154 Å². The van der Waals surface area contributed by atoms with Crippen LogP contribution in [0.3, 0.4) is 0 Å². The topological polar surface area (TPSA) is 103 Å². The van der Waals surface area contributed by atoms with Crippen molar-refractivity contribution in [2.24, 2.45) is 5.73 Å². The van der Waals surface area contributed by atoms with Crippen LogP contribution in [0, 0.1) is 0 Å². The molecule has 10 heteroatoms.